The van der Waals surface area contributed by atoms with Gasteiger partial charge >= 0.3 is 129 Å². The van der Waals surface area contributed by atoms with E-state index in [2.05, 4.69) is 106 Å². The Morgan fingerprint density at radius 2 is 0.700 bits per heavy atom. The maximum atomic E-state index is 3.58. The van der Waals surface area contributed by atoms with Crippen molar-refractivity contribution in [3.05, 3.63) is 91.0 Å². The molecule has 0 amide bonds. The number of benzene rings is 3. The van der Waals surface area contributed by atoms with Crippen molar-refractivity contribution in [1.29, 1.82) is 0 Å². The molecular formula is C18H15SeSi. The summed E-state index contributed by atoms with van der Waals surface area (Å²) in [4.78, 5) is 0. The van der Waals surface area contributed by atoms with Crippen LogP contribution in [0.3, 0.4) is 0 Å². The monoisotopic (exact) mass is 339 g/mol. The summed E-state index contributed by atoms with van der Waals surface area (Å²) in [5.74, 6) is 0. The zero-order chi connectivity index (χ0) is 13.8. The van der Waals surface area contributed by atoms with Crippen LogP contribution in [-0.4, -0.2) is 22.1 Å². The molecule has 0 fully saturated rings. The van der Waals surface area contributed by atoms with Gasteiger partial charge in [0.05, 0.1) is 0 Å². The van der Waals surface area contributed by atoms with Gasteiger partial charge < -0.3 is 0 Å². The van der Waals surface area contributed by atoms with E-state index in [-0.39, 0.29) is 0 Å². The van der Waals surface area contributed by atoms with Crippen LogP contribution in [-0.2, 0) is 0 Å². The fraction of sp³-hybridized carbons (Fsp3) is 0. The van der Waals surface area contributed by atoms with Gasteiger partial charge in [-0.2, -0.15) is 0 Å². The molecule has 0 unspecified atom stereocenters. The van der Waals surface area contributed by atoms with Crippen molar-refractivity contribution >= 4 is 37.6 Å². The Kier molecular flexibility index (Phi) is 3.88. The molecule has 0 N–H and O–H groups in total. The Morgan fingerprint density at radius 3 is 0.950 bits per heavy atom. The van der Waals surface area contributed by atoms with E-state index in [1.54, 1.807) is 0 Å². The van der Waals surface area contributed by atoms with Crippen LogP contribution in [0.4, 0.5) is 0 Å². The molecule has 0 saturated carbocycles. The first-order valence-electron chi connectivity index (χ1n) is 6.69. The van der Waals surface area contributed by atoms with Crippen LogP contribution in [0.15, 0.2) is 91.0 Å². The Morgan fingerprint density at radius 1 is 0.450 bits per heavy atom. The van der Waals surface area contributed by atoms with Crippen LogP contribution in [0.25, 0.3) is 0 Å². The molecule has 1 radical (unpaired) electrons. The van der Waals surface area contributed by atoms with Crippen molar-refractivity contribution in [3.8, 4) is 0 Å². The van der Waals surface area contributed by atoms with Crippen LogP contribution in [0, 0.1) is 0 Å². The van der Waals surface area contributed by atoms with Gasteiger partial charge in [0.25, 0.3) is 0 Å². The van der Waals surface area contributed by atoms with Crippen LogP contribution >= 0.6 is 0 Å². The van der Waals surface area contributed by atoms with Crippen molar-refractivity contribution in [1.82, 2.24) is 0 Å². The normalized spacial score (nSPS) is 11.2. The summed E-state index contributed by atoms with van der Waals surface area (Å²) in [5.41, 5.74) is 0. The van der Waals surface area contributed by atoms with Crippen LogP contribution in [0.1, 0.15) is 0 Å². The van der Waals surface area contributed by atoms with Crippen molar-refractivity contribution in [2.45, 2.75) is 0 Å². The Bertz CT molecular complexity index is 569. The SMILES string of the molecule is [Se][Si](c1ccccc1)(c1ccccc1)c1ccccc1. The molecule has 3 rings (SSSR count). The molecule has 0 aliphatic rings. The van der Waals surface area contributed by atoms with E-state index < -0.39 is 6.68 Å². The molecule has 0 aliphatic carbocycles. The third-order valence-corrected chi connectivity index (χ3v) is 11.4. The van der Waals surface area contributed by atoms with Crippen molar-refractivity contribution < 1.29 is 0 Å². The average molecular weight is 338 g/mol. The molecule has 0 nitrogen and oxygen atoms in total. The number of rotatable bonds is 3. The minimum atomic E-state index is -2.00. The summed E-state index contributed by atoms with van der Waals surface area (Å²) < 4.78 is 0. The van der Waals surface area contributed by atoms with Crippen LogP contribution < -0.4 is 15.6 Å². The molecule has 0 atom stereocenters. The summed E-state index contributed by atoms with van der Waals surface area (Å²) in [7, 11) is 0. The maximum absolute atomic E-state index is 3.58. The Hall–Kier alpha value is -1.60. The van der Waals surface area contributed by atoms with Gasteiger partial charge in [0.1, 0.15) is 0 Å². The standard InChI is InChI=1S/C18H15SeSi/c19-20(16-10-4-1-5-11-16,17-12-6-2-7-13-17)18-14-8-3-9-15-18/h1-15H. The van der Waals surface area contributed by atoms with E-state index in [9.17, 15) is 0 Å². The molecule has 0 aromatic heterocycles. The second-order valence-corrected chi connectivity index (χ2v) is 11.7. The summed E-state index contributed by atoms with van der Waals surface area (Å²) >= 11 is 3.58. The van der Waals surface area contributed by atoms with Gasteiger partial charge in [0.2, 0.25) is 0 Å². The third-order valence-electron chi connectivity index (χ3n) is 3.54. The molecule has 0 spiro atoms. The van der Waals surface area contributed by atoms with E-state index in [4.69, 9.17) is 0 Å². The average Bonchev–Trinajstić information content (AvgIpc) is 2.56. The molecule has 2 heteroatoms. The zero-order valence-corrected chi connectivity index (χ0v) is 13.8. The minimum absolute atomic E-state index is 1.40. The summed E-state index contributed by atoms with van der Waals surface area (Å²) in [5, 5.41) is 4.20. The Balaban J connectivity index is 2.24. The van der Waals surface area contributed by atoms with E-state index >= 15 is 0 Å². The van der Waals surface area contributed by atoms with Gasteiger partial charge in [-0.25, -0.2) is 0 Å². The van der Waals surface area contributed by atoms with Gasteiger partial charge in [0.15, 0.2) is 0 Å². The van der Waals surface area contributed by atoms with Crippen molar-refractivity contribution in [3.63, 3.8) is 0 Å². The van der Waals surface area contributed by atoms with Gasteiger partial charge in [-0.15, -0.1) is 0 Å². The predicted molar refractivity (Wildman–Crippen MR) is 89.7 cm³/mol. The number of hydrogen-bond donors (Lipinski definition) is 0. The molecule has 0 bridgehead atoms. The first kappa shape index (κ1) is 13.4. The third kappa shape index (κ3) is 2.38. The molecule has 20 heavy (non-hydrogen) atoms. The molecule has 0 aliphatic heterocycles. The number of hydrogen-bond acceptors (Lipinski definition) is 0. The predicted octanol–water partition coefficient (Wildman–Crippen LogP) is 1.82. The molecule has 3 aromatic rings. The van der Waals surface area contributed by atoms with Crippen LogP contribution in [0.2, 0.25) is 0 Å². The fourth-order valence-electron chi connectivity index (χ4n) is 2.52. The van der Waals surface area contributed by atoms with Gasteiger partial charge in [-0.1, -0.05) is 0 Å². The van der Waals surface area contributed by atoms with Gasteiger partial charge in [0, 0.05) is 0 Å². The second-order valence-electron chi connectivity index (χ2n) is 4.78. The van der Waals surface area contributed by atoms with Gasteiger partial charge in [-0.3, -0.25) is 0 Å². The Labute approximate surface area is 128 Å². The van der Waals surface area contributed by atoms with E-state index in [1.807, 2.05) is 0 Å². The first-order chi connectivity index (χ1) is 9.82. The molecule has 3 aromatic carbocycles. The summed E-state index contributed by atoms with van der Waals surface area (Å²) in [6.07, 6.45) is 0. The molecule has 97 valence electrons. The van der Waals surface area contributed by atoms with Crippen molar-refractivity contribution in [2.24, 2.45) is 0 Å². The molecule has 0 saturated heterocycles. The van der Waals surface area contributed by atoms with Crippen LogP contribution in [0.5, 0.6) is 0 Å². The van der Waals surface area contributed by atoms with E-state index in [1.165, 1.54) is 15.6 Å². The van der Waals surface area contributed by atoms with E-state index in [0.29, 0.717) is 0 Å². The zero-order valence-electron chi connectivity index (χ0n) is 11.1. The summed E-state index contributed by atoms with van der Waals surface area (Å²) in [6, 6.07) is 32.4. The quantitative estimate of drug-likeness (QED) is 0.505. The van der Waals surface area contributed by atoms with Gasteiger partial charge in [-0.05, 0) is 0 Å². The van der Waals surface area contributed by atoms with Crippen molar-refractivity contribution in [2.75, 3.05) is 0 Å². The first-order valence-corrected chi connectivity index (χ1v) is 11.2. The summed E-state index contributed by atoms with van der Waals surface area (Å²) in [6.45, 7) is -2.00. The molecular weight excluding hydrogens is 323 g/mol. The topological polar surface area (TPSA) is 0 Å². The second kappa shape index (κ2) is 5.80. The fourth-order valence-corrected chi connectivity index (χ4v) is 8.07. The van der Waals surface area contributed by atoms with E-state index in [0.717, 1.165) is 0 Å². The molecule has 0 heterocycles.